The van der Waals surface area contributed by atoms with Crippen molar-refractivity contribution in [2.75, 3.05) is 45.9 Å². The predicted octanol–water partition coefficient (Wildman–Crippen LogP) is 0.967. The number of hydrogen-bond acceptors (Lipinski definition) is 5. The van der Waals surface area contributed by atoms with E-state index in [9.17, 15) is 31.2 Å². The molecular formula is C21H25F3N4O5S. The van der Waals surface area contributed by atoms with Gasteiger partial charge < -0.3 is 19.9 Å². The Hall–Kier alpha value is -2.38. The van der Waals surface area contributed by atoms with Crippen LogP contribution in [0.15, 0.2) is 29.2 Å². The number of fused-ring (bicyclic) bond motifs is 2. The van der Waals surface area contributed by atoms with E-state index >= 15 is 0 Å². The number of halogens is 3. The third-order valence-electron chi connectivity index (χ3n) is 7.14. The molecule has 4 fully saturated rings. The molecule has 0 aliphatic carbocycles. The number of ether oxygens (including phenoxy) is 1. The van der Waals surface area contributed by atoms with Gasteiger partial charge in [-0.25, -0.2) is 13.2 Å². The van der Waals surface area contributed by atoms with E-state index in [-0.39, 0.29) is 60.5 Å². The van der Waals surface area contributed by atoms with Crippen molar-refractivity contribution in [2.24, 2.45) is 11.8 Å². The Labute approximate surface area is 194 Å². The average molecular weight is 503 g/mol. The van der Waals surface area contributed by atoms with Crippen LogP contribution in [-0.2, 0) is 25.7 Å². The first-order valence-corrected chi connectivity index (χ1v) is 12.6. The molecule has 0 saturated carbocycles. The molecule has 34 heavy (non-hydrogen) atoms. The topological polar surface area (TPSA) is 99.3 Å². The molecule has 4 atom stereocenters. The van der Waals surface area contributed by atoms with Crippen LogP contribution in [0.2, 0.25) is 0 Å². The molecule has 0 radical (unpaired) electrons. The summed E-state index contributed by atoms with van der Waals surface area (Å²) < 4.78 is 71.1. The van der Waals surface area contributed by atoms with Crippen LogP contribution in [0.5, 0.6) is 0 Å². The second-order valence-corrected chi connectivity index (χ2v) is 11.2. The number of morpholine rings is 1. The zero-order valence-electron chi connectivity index (χ0n) is 18.2. The van der Waals surface area contributed by atoms with Gasteiger partial charge in [0.2, 0.25) is 15.9 Å². The standard InChI is InChI=1S/C21H25F3N4O5S/c22-21(23,24)15-1-3-16(4-2-15)34(31,32)28-9-13-7-27(8-14(13)10-28)20(30)26-6-5-18-17(11-26)25-19(29)12-33-18/h1-4,13-14,17-18H,5-12H2,(H,25,29)/t13?,14?,17-,18+/m1/s1. The number of carbonyl (C=O) groups is 2. The summed E-state index contributed by atoms with van der Waals surface area (Å²) in [6.45, 7) is 2.19. The zero-order valence-corrected chi connectivity index (χ0v) is 19.0. The molecule has 9 nitrogen and oxygen atoms in total. The minimum atomic E-state index is -4.53. The van der Waals surface area contributed by atoms with E-state index in [1.54, 1.807) is 9.80 Å². The molecule has 4 heterocycles. The number of urea groups is 1. The fourth-order valence-corrected chi connectivity index (χ4v) is 6.89. The van der Waals surface area contributed by atoms with Gasteiger partial charge in [-0.2, -0.15) is 17.5 Å². The summed E-state index contributed by atoms with van der Waals surface area (Å²) >= 11 is 0. The lowest BCUT2D eigenvalue weighted by Gasteiger charge is -2.42. The lowest BCUT2D eigenvalue weighted by Crippen LogP contribution is -2.62. The fraction of sp³-hybridized carbons (Fsp3) is 0.619. The zero-order chi connectivity index (χ0) is 24.3. The van der Waals surface area contributed by atoms with E-state index in [0.29, 0.717) is 32.6 Å². The van der Waals surface area contributed by atoms with Gasteiger partial charge in [-0.3, -0.25) is 4.79 Å². The highest BCUT2D eigenvalue weighted by atomic mass is 32.2. The second-order valence-electron chi connectivity index (χ2n) is 9.31. The van der Waals surface area contributed by atoms with Gasteiger partial charge in [-0.15, -0.1) is 0 Å². The summed E-state index contributed by atoms with van der Waals surface area (Å²) in [5.74, 6) is -0.271. The van der Waals surface area contributed by atoms with Gasteiger partial charge in [0.1, 0.15) is 6.61 Å². The minimum Gasteiger partial charge on any atom is -0.366 e. The van der Waals surface area contributed by atoms with Crippen molar-refractivity contribution < 1.29 is 35.9 Å². The van der Waals surface area contributed by atoms with Gasteiger partial charge in [0.05, 0.1) is 22.6 Å². The first-order valence-electron chi connectivity index (χ1n) is 11.1. The van der Waals surface area contributed by atoms with E-state index in [0.717, 1.165) is 24.3 Å². The molecule has 4 aliphatic heterocycles. The van der Waals surface area contributed by atoms with E-state index in [2.05, 4.69) is 5.32 Å². The molecule has 0 spiro atoms. The monoisotopic (exact) mass is 502 g/mol. The molecular weight excluding hydrogens is 477 g/mol. The summed E-state index contributed by atoms with van der Waals surface area (Å²) in [6.07, 6.45) is -3.99. The van der Waals surface area contributed by atoms with Gasteiger partial charge in [0, 0.05) is 39.3 Å². The largest absolute Gasteiger partial charge is 0.416 e. The number of alkyl halides is 3. The SMILES string of the molecule is O=C1CO[C@H]2CCN(C(=O)N3CC4CN(S(=O)(=O)c5ccc(C(F)(F)F)cc5)CC4C3)C[C@H]2N1. The Bertz CT molecular complexity index is 1070. The Morgan fingerprint density at radius 3 is 2.26 bits per heavy atom. The molecule has 3 amide bonds. The van der Waals surface area contributed by atoms with E-state index < -0.39 is 21.8 Å². The third-order valence-corrected chi connectivity index (χ3v) is 8.98. The Kier molecular flexibility index (Phi) is 5.76. The Morgan fingerprint density at radius 1 is 1.00 bits per heavy atom. The van der Waals surface area contributed by atoms with Crippen LogP contribution in [-0.4, -0.2) is 92.5 Å². The van der Waals surface area contributed by atoms with Crippen LogP contribution >= 0.6 is 0 Å². The average Bonchev–Trinajstić information content (AvgIpc) is 3.37. The van der Waals surface area contributed by atoms with Crippen LogP contribution in [0, 0.1) is 11.8 Å². The van der Waals surface area contributed by atoms with Crippen molar-refractivity contribution in [1.29, 1.82) is 0 Å². The number of carbonyl (C=O) groups excluding carboxylic acids is 2. The molecule has 1 aromatic rings. The van der Waals surface area contributed by atoms with Crippen LogP contribution in [0.1, 0.15) is 12.0 Å². The molecule has 0 aromatic heterocycles. The Morgan fingerprint density at radius 2 is 1.65 bits per heavy atom. The number of hydrogen-bond donors (Lipinski definition) is 1. The van der Waals surface area contributed by atoms with Crippen LogP contribution in [0.4, 0.5) is 18.0 Å². The van der Waals surface area contributed by atoms with Gasteiger partial charge in [0.15, 0.2) is 0 Å². The van der Waals surface area contributed by atoms with Gasteiger partial charge >= 0.3 is 12.2 Å². The van der Waals surface area contributed by atoms with E-state index in [4.69, 9.17) is 4.74 Å². The summed E-state index contributed by atoms with van der Waals surface area (Å²) in [5.41, 5.74) is -0.901. The maximum atomic E-state index is 13.1. The summed E-state index contributed by atoms with van der Waals surface area (Å²) in [7, 11) is -3.92. The highest BCUT2D eigenvalue weighted by Crippen LogP contribution is 2.36. The highest BCUT2D eigenvalue weighted by Gasteiger charge is 2.47. The summed E-state index contributed by atoms with van der Waals surface area (Å²) in [4.78, 5) is 27.9. The van der Waals surface area contributed by atoms with Gasteiger partial charge in [0.25, 0.3) is 0 Å². The van der Waals surface area contributed by atoms with Crippen molar-refractivity contribution in [3.05, 3.63) is 29.8 Å². The van der Waals surface area contributed by atoms with E-state index in [1.807, 2.05) is 0 Å². The lowest BCUT2D eigenvalue weighted by molar-refractivity contribution is -0.139. The molecule has 2 unspecified atom stereocenters. The molecule has 1 N–H and O–H groups in total. The van der Waals surface area contributed by atoms with Crippen LogP contribution < -0.4 is 5.32 Å². The number of sulfonamides is 1. The van der Waals surface area contributed by atoms with E-state index in [1.165, 1.54) is 4.31 Å². The lowest BCUT2D eigenvalue weighted by atomic mass is 10.0. The summed E-state index contributed by atoms with van der Waals surface area (Å²) in [5, 5.41) is 2.87. The normalized spacial score (nSPS) is 30.1. The van der Waals surface area contributed by atoms with Crippen molar-refractivity contribution in [3.63, 3.8) is 0 Å². The minimum absolute atomic E-state index is 0.0382. The number of nitrogens with zero attached hydrogens (tertiary/aromatic N) is 3. The Balaban J connectivity index is 1.19. The number of rotatable bonds is 2. The van der Waals surface area contributed by atoms with Crippen molar-refractivity contribution in [3.8, 4) is 0 Å². The molecule has 0 bridgehead atoms. The van der Waals surface area contributed by atoms with Crippen molar-refractivity contribution >= 4 is 22.0 Å². The first-order chi connectivity index (χ1) is 16.0. The van der Waals surface area contributed by atoms with Crippen LogP contribution in [0.25, 0.3) is 0 Å². The molecule has 5 rings (SSSR count). The smallest absolute Gasteiger partial charge is 0.366 e. The number of benzene rings is 1. The van der Waals surface area contributed by atoms with Crippen LogP contribution in [0.3, 0.4) is 0 Å². The maximum absolute atomic E-state index is 13.1. The fourth-order valence-electron chi connectivity index (χ4n) is 5.34. The third kappa shape index (κ3) is 4.24. The molecule has 1 aromatic carbocycles. The van der Waals surface area contributed by atoms with Gasteiger partial charge in [-0.1, -0.05) is 0 Å². The second kappa shape index (κ2) is 8.38. The number of nitrogens with one attached hydrogen (secondary N) is 1. The maximum Gasteiger partial charge on any atom is 0.416 e. The quantitative estimate of drug-likeness (QED) is 0.650. The molecule has 4 saturated heterocycles. The molecule has 4 aliphatic rings. The summed E-state index contributed by atoms with van der Waals surface area (Å²) in [6, 6.07) is 3.15. The van der Waals surface area contributed by atoms with Crippen molar-refractivity contribution in [2.45, 2.75) is 29.6 Å². The van der Waals surface area contributed by atoms with Crippen molar-refractivity contribution in [1.82, 2.24) is 19.4 Å². The highest BCUT2D eigenvalue weighted by molar-refractivity contribution is 7.89. The molecule has 186 valence electrons. The predicted molar refractivity (Wildman–Crippen MR) is 112 cm³/mol. The van der Waals surface area contributed by atoms with Gasteiger partial charge in [-0.05, 0) is 42.5 Å². The number of amides is 3. The number of likely N-dealkylation sites (tertiary alicyclic amines) is 2. The molecule has 13 heteroatoms. The number of piperidine rings is 1. The first kappa shape index (κ1) is 23.4.